The molecule has 2 heteroatoms. The fourth-order valence-electron chi connectivity index (χ4n) is 2.14. The van der Waals surface area contributed by atoms with Gasteiger partial charge in [0.1, 0.15) is 0 Å². The first-order valence-electron chi connectivity index (χ1n) is 8.42. The molecule has 0 aromatic rings. The second-order valence-electron chi connectivity index (χ2n) is 6.81. The molecule has 0 saturated heterocycles. The highest BCUT2D eigenvalue weighted by molar-refractivity contribution is 4.71. The summed E-state index contributed by atoms with van der Waals surface area (Å²) in [6.45, 7) is 18.7. The van der Waals surface area contributed by atoms with Gasteiger partial charge in [-0.1, -0.05) is 41.0 Å². The predicted molar refractivity (Wildman–Crippen MR) is 87.7 cm³/mol. The highest BCUT2D eigenvalue weighted by Gasteiger charge is 2.14. The molecule has 0 rings (SSSR count). The topological polar surface area (TPSA) is 15.3 Å². The van der Waals surface area contributed by atoms with Crippen LogP contribution in [0.2, 0.25) is 0 Å². The Kier molecular flexibility index (Phi) is 11.7. The summed E-state index contributed by atoms with van der Waals surface area (Å²) in [5, 5.41) is 3.60. The van der Waals surface area contributed by atoms with E-state index in [9.17, 15) is 0 Å². The van der Waals surface area contributed by atoms with Crippen molar-refractivity contribution in [1.82, 2.24) is 10.2 Å². The molecule has 0 aliphatic heterocycles. The lowest BCUT2D eigenvalue weighted by Gasteiger charge is -2.30. The van der Waals surface area contributed by atoms with Crippen LogP contribution < -0.4 is 5.32 Å². The molecule has 0 spiro atoms. The third-order valence-electron chi connectivity index (χ3n) is 3.76. The van der Waals surface area contributed by atoms with E-state index in [4.69, 9.17) is 0 Å². The van der Waals surface area contributed by atoms with Gasteiger partial charge in [0, 0.05) is 12.6 Å². The summed E-state index contributed by atoms with van der Waals surface area (Å²) >= 11 is 0. The van der Waals surface area contributed by atoms with Gasteiger partial charge in [0.05, 0.1) is 0 Å². The van der Waals surface area contributed by atoms with Crippen molar-refractivity contribution < 1.29 is 0 Å². The molecule has 0 heterocycles. The molecule has 116 valence electrons. The van der Waals surface area contributed by atoms with Crippen LogP contribution in [-0.4, -0.2) is 37.1 Å². The average molecular weight is 271 g/mol. The van der Waals surface area contributed by atoms with Crippen molar-refractivity contribution >= 4 is 0 Å². The van der Waals surface area contributed by atoms with Crippen LogP contribution in [0.4, 0.5) is 0 Å². The van der Waals surface area contributed by atoms with Crippen LogP contribution in [0.3, 0.4) is 0 Å². The summed E-state index contributed by atoms with van der Waals surface area (Å²) in [6, 6.07) is 0.661. The molecule has 0 fully saturated rings. The maximum absolute atomic E-state index is 3.60. The van der Waals surface area contributed by atoms with Crippen molar-refractivity contribution in [1.29, 1.82) is 0 Å². The van der Waals surface area contributed by atoms with Gasteiger partial charge in [-0.25, -0.2) is 0 Å². The third kappa shape index (κ3) is 11.4. The van der Waals surface area contributed by atoms with Gasteiger partial charge in [0.15, 0.2) is 0 Å². The minimum Gasteiger partial charge on any atom is -0.315 e. The highest BCUT2D eigenvalue weighted by atomic mass is 15.2. The molecule has 0 aliphatic rings. The fraction of sp³-hybridized carbons (Fsp3) is 1.00. The van der Waals surface area contributed by atoms with Crippen LogP contribution in [0.25, 0.3) is 0 Å². The van der Waals surface area contributed by atoms with Gasteiger partial charge in [-0.05, 0) is 57.7 Å². The lowest BCUT2D eigenvalue weighted by Crippen LogP contribution is -2.42. The third-order valence-corrected chi connectivity index (χ3v) is 3.76. The summed E-state index contributed by atoms with van der Waals surface area (Å²) in [5.74, 6) is 1.61. The first kappa shape index (κ1) is 18.9. The number of hydrogen-bond acceptors (Lipinski definition) is 2. The summed E-state index contributed by atoms with van der Waals surface area (Å²) in [4.78, 5) is 2.68. The second kappa shape index (κ2) is 11.7. The van der Waals surface area contributed by atoms with Crippen LogP contribution in [0.5, 0.6) is 0 Å². The number of nitrogens with one attached hydrogen (secondary N) is 1. The van der Waals surface area contributed by atoms with Crippen molar-refractivity contribution in [2.75, 3.05) is 26.2 Å². The van der Waals surface area contributed by atoms with Gasteiger partial charge in [-0.15, -0.1) is 0 Å². The molecular formula is C17H38N2. The fourth-order valence-corrected chi connectivity index (χ4v) is 2.14. The van der Waals surface area contributed by atoms with Crippen molar-refractivity contribution in [3.63, 3.8) is 0 Å². The van der Waals surface area contributed by atoms with Gasteiger partial charge >= 0.3 is 0 Å². The predicted octanol–water partition coefficient (Wildman–Crippen LogP) is 4.16. The summed E-state index contributed by atoms with van der Waals surface area (Å²) in [7, 11) is 0. The largest absolute Gasteiger partial charge is 0.315 e. The van der Waals surface area contributed by atoms with Crippen LogP contribution in [-0.2, 0) is 0 Å². The second-order valence-corrected chi connectivity index (χ2v) is 6.81. The number of nitrogens with zero attached hydrogens (tertiary/aromatic N) is 1. The molecule has 19 heavy (non-hydrogen) atoms. The van der Waals surface area contributed by atoms with Crippen LogP contribution >= 0.6 is 0 Å². The molecule has 0 radical (unpaired) electrons. The van der Waals surface area contributed by atoms with E-state index in [0.717, 1.165) is 18.4 Å². The van der Waals surface area contributed by atoms with Gasteiger partial charge in [-0.2, -0.15) is 0 Å². The first-order valence-corrected chi connectivity index (χ1v) is 8.42. The Bertz CT molecular complexity index is 178. The van der Waals surface area contributed by atoms with Crippen molar-refractivity contribution in [3.05, 3.63) is 0 Å². The SMILES string of the molecule is CCCCNCC(C)N(CCC(C)C)CCC(C)C. The van der Waals surface area contributed by atoms with Gasteiger partial charge in [-0.3, -0.25) is 4.90 Å². The Morgan fingerprint density at radius 2 is 1.42 bits per heavy atom. The quantitative estimate of drug-likeness (QED) is 0.536. The standard InChI is InChI=1S/C17H38N2/c1-7-8-11-18-14-17(6)19(12-9-15(2)3)13-10-16(4)5/h15-18H,7-14H2,1-6H3. The Labute approximate surface area is 122 Å². The molecule has 0 aromatic carbocycles. The van der Waals surface area contributed by atoms with E-state index >= 15 is 0 Å². The summed E-state index contributed by atoms with van der Waals surface area (Å²) in [5.41, 5.74) is 0. The van der Waals surface area contributed by atoms with Crippen LogP contribution in [0.1, 0.15) is 67.2 Å². The van der Waals surface area contributed by atoms with Gasteiger partial charge in [0.25, 0.3) is 0 Å². The monoisotopic (exact) mass is 270 g/mol. The zero-order valence-electron chi connectivity index (χ0n) is 14.3. The maximum atomic E-state index is 3.60. The first-order chi connectivity index (χ1) is 8.97. The van der Waals surface area contributed by atoms with Crippen molar-refractivity contribution in [3.8, 4) is 0 Å². The Hall–Kier alpha value is -0.0800. The number of unbranched alkanes of at least 4 members (excludes halogenated alkanes) is 1. The molecule has 0 saturated carbocycles. The van der Waals surface area contributed by atoms with Crippen molar-refractivity contribution in [2.24, 2.45) is 11.8 Å². The highest BCUT2D eigenvalue weighted by Crippen LogP contribution is 2.09. The van der Waals surface area contributed by atoms with E-state index in [0.29, 0.717) is 6.04 Å². The van der Waals surface area contributed by atoms with E-state index in [1.165, 1.54) is 45.3 Å². The molecule has 0 aromatic heterocycles. The van der Waals surface area contributed by atoms with Gasteiger partial charge < -0.3 is 5.32 Å². The molecule has 1 unspecified atom stereocenters. The smallest absolute Gasteiger partial charge is 0.0192 e. The Balaban J connectivity index is 4.04. The maximum Gasteiger partial charge on any atom is 0.0192 e. The van der Waals surface area contributed by atoms with Gasteiger partial charge in [0.2, 0.25) is 0 Å². The Morgan fingerprint density at radius 3 is 1.84 bits per heavy atom. The average Bonchev–Trinajstić information content (AvgIpc) is 2.33. The van der Waals surface area contributed by atoms with Crippen molar-refractivity contribution in [2.45, 2.75) is 73.3 Å². The molecular weight excluding hydrogens is 232 g/mol. The van der Waals surface area contributed by atoms with E-state index in [2.05, 4.69) is 51.8 Å². The molecule has 2 nitrogen and oxygen atoms in total. The molecule has 0 amide bonds. The molecule has 1 atom stereocenters. The lowest BCUT2D eigenvalue weighted by atomic mass is 10.1. The van der Waals surface area contributed by atoms with E-state index in [1.807, 2.05) is 0 Å². The zero-order valence-corrected chi connectivity index (χ0v) is 14.3. The molecule has 1 N–H and O–H groups in total. The zero-order chi connectivity index (χ0) is 14.7. The number of rotatable bonds is 12. The van der Waals surface area contributed by atoms with Crippen LogP contribution in [0.15, 0.2) is 0 Å². The normalized spacial score (nSPS) is 13.7. The minimum atomic E-state index is 0.661. The summed E-state index contributed by atoms with van der Waals surface area (Å²) in [6.07, 6.45) is 5.21. The van der Waals surface area contributed by atoms with E-state index < -0.39 is 0 Å². The minimum absolute atomic E-state index is 0.661. The van der Waals surface area contributed by atoms with E-state index in [1.54, 1.807) is 0 Å². The van der Waals surface area contributed by atoms with Crippen LogP contribution in [0, 0.1) is 11.8 Å². The lowest BCUT2D eigenvalue weighted by molar-refractivity contribution is 0.184. The number of hydrogen-bond donors (Lipinski definition) is 1. The molecule has 0 aliphatic carbocycles. The van der Waals surface area contributed by atoms with E-state index in [-0.39, 0.29) is 0 Å². The summed E-state index contributed by atoms with van der Waals surface area (Å²) < 4.78 is 0. The Morgan fingerprint density at radius 1 is 0.895 bits per heavy atom. The molecule has 0 bridgehead atoms.